The number of aliphatic hydroxyl groups excluding tert-OH is 1. The quantitative estimate of drug-likeness (QED) is 0.798. The lowest BCUT2D eigenvalue weighted by Gasteiger charge is -2.57. The van der Waals surface area contributed by atoms with E-state index in [0.717, 1.165) is 23.3 Å². The summed E-state index contributed by atoms with van der Waals surface area (Å²) in [6.45, 7) is 0.593. The zero-order valence-electron chi connectivity index (χ0n) is 12.5. The zero-order chi connectivity index (χ0) is 14.4. The maximum Gasteiger partial charge on any atom is 0.115 e. The first-order chi connectivity index (χ1) is 10.1. The lowest BCUT2D eigenvalue weighted by molar-refractivity contribution is -0.0248. The molecule has 1 aromatic carbocycles. The fraction of sp³-hybridized carbons (Fsp3) is 0.667. The van der Waals surface area contributed by atoms with E-state index in [4.69, 9.17) is 0 Å². The van der Waals surface area contributed by atoms with Gasteiger partial charge in [0.25, 0.3) is 0 Å². The van der Waals surface area contributed by atoms with Crippen molar-refractivity contribution in [1.82, 2.24) is 5.32 Å². The Morgan fingerprint density at radius 1 is 1.10 bits per heavy atom. The Hall–Kier alpha value is -1.06. The van der Waals surface area contributed by atoms with Gasteiger partial charge >= 0.3 is 0 Å². The molecule has 0 amide bonds. The van der Waals surface area contributed by atoms with Crippen molar-refractivity contribution in [3.8, 4) is 5.75 Å². The molecule has 0 aliphatic heterocycles. The average Bonchev–Trinajstić information content (AvgIpc) is 2.43. The summed E-state index contributed by atoms with van der Waals surface area (Å²) < 4.78 is 0. The molecular formula is C18H25NO2. The first-order valence-corrected chi connectivity index (χ1v) is 8.34. The topological polar surface area (TPSA) is 52.5 Å². The maximum atomic E-state index is 10.4. The third-order valence-corrected chi connectivity index (χ3v) is 5.96. The van der Waals surface area contributed by atoms with Crippen LogP contribution in [-0.2, 0) is 0 Å². The molecule has 1 aromatic rings. The van der Waals surface area contributed by atoms with Gasteiger partial charge in [-0.1, -0.05) is 12.1 Å². The highest BCUT2D eigenvalue weighted by Gasteiger charge is 2.50. The van der Waals surface area contributed by atoms with Crippen LogP contribution in [0.5, 0.6) is 5.75 Å². The molecule has 3 heteroatoms. The molecule has 114 valence electrons. The number of hydrogen-bond acceptors (Lipinski definition) is 3. The number of aromatic hydroxyl groups is 1. The van der Waals surface area contributed by atoms with Crippen LogP contribution in [0.1, 0.15) is 50.2 Å². The molecule has 4 aliphatic carbocycles. The number of benzene rings is 1. The fourth-order valence-electron chi connectivity index (χ4n) is 5.49. The van der Waals surface area contributed by atoms with Gasteiger partial charge in [0.1, 0.15) is 5.75 Å². The minimum absolute atomic E-state index is 0.223. The van der Waals surface area contributed by atoms with Crippen LogP contribution in [-0.4, -0.2) is 22.3 Å². The second-order valence-electron chi connectivity index (χ2n) is 7.69. The average molecular weight is 287 g/mol. The van der Waals surface area contributed by atoms with Crippen molar-refractivity contribution in [2.24, 2.45) is 17.8 Å². The molecule has 0 saturated heterocycles. The standard InChI is InChI=1S/C18H25NO2/c20-16-3-1-2-15(7-16)17(21)11-19-18-8-12-4-13(9-18)6-14(5-12)10-18/h1-3,7,12-14,17,19-21H,4-6,8-11H2/t12?,13?,14?,17-,18?/m1/s1. The maximum absolute atomic E-state index is 10.4. The Labute approximate surface area is 126 Å². The molecule has 4 aliphatic rings. The van der Waals surface area contributed by atoms with Crippen molar-refractivity contribution in [2.45, 2.75) is 50.2 Å². The lowest BCUT2D eigenvalue weighted by Crippen LogP contribution is -2.59. The van der Waals surface area contributed by atoms with Gasteiger partial charge in [-0.2, -0.15) is 0 Å². The first kappa shape index (κ1) is 13.6. The van der Waals surface area contributed by atoms with Crippen molar-refractivity contribution in [2.75, 3.05) is 6.54 Å². The first-order valence-electron chi connectivity index (χ1n) is 8.34. The fourth-order valence-corrected chi connectivity index (χ4v) is 5.49. The van der Waals surface area contributed by atoms with Gasteiger partial charge in [0.2, 0.25) is 0 Å². The van der Waals surface area contributed by atoms with Crippen LogP contribution >= 0.6 is 0 Å². The molecule has 5 rings (SSSR count). The molecule has 4 bridgehead atoms. The number of nitrogens with one attached hydrogen (secondary N) is 1. The molecule has 4 saturated carbocycles. The Kier molecular flexibility index (Phi) is 3.23. The van der Waals surface area contributed by atoms with Gasteiger partial charge in [-0.05, 0) is 74.0 Å². The van der Waals surface area contributed by atoms with E-state index in [9.17, 15) is 10.2 Å². The van der Waals surface area contributed by atoms with Gasteiger partial charge in [0.05, 0.1) is 6.10 Å². The Bertz CT molecular complexity index is 492. The summed E-state index contributed by atoms with van der Waals surface area (Å²) in [5, 5.41) is 23.6. The van der Waals surface area contributed by atoms with Gasteiger partial charge in [-0.3, -0.25) is 0 Å². The van der Waals surface area contributed by atoms with E-state index in [-0.39, 0.29) is 11.3 Å². The Morgan fingerprint density at radius 3 is 2.29 bits per heavy atom. The lowest BCUT2D eigenvalue weighted by atomic mass is 9.53. The van der Waals surface area contributed by atoms with E-state index < -0.39 is 6.10 Å². The van der Waals surface area contributed by atoms with E-state index in [1.165, 1.54) is 38.5 Å². The van der Waals surface area contributed by atoms with E-state index >= 15 is 0 Å². The summed E-state index contributed by atoms with van der Waals surface area (Å²) in [7, 11) is 0. The van der Waals surface area contributed by atoms with Crippen molar-refractivity contribution in [3.05, 3.63) is 29.8 Å². The Balaban J connectivity index is 1.42. The van der Waals surface area contributed by atoms with Crippen LogP contribution < -0.4 is 5.32 Å². The summed E-state index contributed by atoms with van der Waals surface area (Å²) >= 11 is 0. The SMILES string of the molecule is Oc1cccc([C@H](O)CNC23CC4CC(CC(C4)C2)C3)c1. The van der Waals surface area contributed by atoms with Crippen LogP contribution in [0, 0.1) is 17.8 Å². The molecule has 4 fully saturated rings. The van der Waals surface area contributed by atoms with Crippen molar-refractivity contribution < 1.29 is 10.2 Å². The van der Waals surface area contributed by atoms with E-state index in [2.05, 4.69) is 5.32 Å². The van der Waals surface area contributed by atoms with Gasteiger partial charge < -0.3 is 15.5 Å². The summed E-state index contributed by atoms with van der Waals surface area (Å²) in [6.07, 6.45) is 7.68. The number of phenolic OH excluding ortho intramolecular Hbond substituents is 1. The molecule has 3 N–H and O–H groups in total. The third-order valence-electron chi connectivity index (χ3n) is 5.96. The van der Waals surface area contributed by atoms with Crippen LogP contribution in [0.3, 0.4) is 0 Å². The number of phenols is 1. The summed E-state index contributed by atoms with van der Waals surface area (Å²) in [5.74, 6) is 2.98. The molecule has 1 atom stereocenters. The van der Waals surface area contributed by atoms with Crippen LogP contribution in [0.15, 0.2) is 24.3 Å². The van der Waals surface area contributed by atoms with E-state index in [1.54, 1.807) is 18.2 Å². The van der Waals surface area contributed by atoms with Crippen molar-refractivity contribution >= 4 is 0 Å². The smallest absolute Gasteiger partial charge is 0.115 e. The van der Waals surface area contributed by atoms with Gasteiger partial charge in [-0.15, -0.1) is 0 Å². The van der Waals surface area contributed by atoms with Crippen LogP contribution in [0.25, 0.3) is 0 Å². The van der Waals surface area contributed by atoms with E-state index in [0.29, 0.717) is 6.54 Å². The van der Waals surface area contributed by atoms with Gasteiger partial charge in [0, 0.05) is 12.1 Å². The van der Waals surface area contributed by atoms with Crippen molar-refractivity contribution in [3.63, 3.8) is 0 Å². The predicted molar refractivity (Wildman–Crippen MR) is 82.0 cm³/mol. The van der Waals surface area contributed by atoms with Gasteiger partial charge in [-0.25, -0.2) is 0 Å². The second-order valence-corrected chi connectivity index (χ2v) is 7.69. The molecule has 21 heavy (non-hydrogen) atoms. The predicted octanol–water partition coefficient (Wildman–Crippen LogP) is 2.98. The molecule has 0 spiro atoms. The highest BCUT2D eigenvalue weighted by Crippen LogP contribution is 2.55. The summed E-state index contributed by atoms with van der Waals surface area (Å²) in [5.41, 5.74) is 1.08. The summed E-state index contributed by atoms with van der Waals surface area (Å²) in [6, 6.07) is 6.97. The largest absolute Gasteiger partial charge is 0.508 e. The normalized spacial score (nSPS) is 38.6. The molecule has 0 aromatic heterocycles. The van der Waals surface area contributed by atoms with Crippen LogP contribution in [0.2, 0.25) is 0 Å². The number of aliphatic hydroxyl groups is 1. The zero-order valence-corrected chi connectivity index (χ0v) is 12.5. The molecule has 3 nitrogen and oxygen atoms in total. The monoisotopic (exact) mass is 287 g/mol. The minimum atomic E-state index is -0.537. The highest BCUT2D eigenvalue weighted by molar-refractivity contribution is 5.28. The Morgan fingerprint density at radius 2 is 1.71 bits per heavy atom. The number of hydrogen-bond donors (Lipinski definition) is 3. The number of β-amino-alcohol motifs (C(OH)–C–C–N with tert-alkyl or cyclic N) is 1. The number of rotatable bonds is 4. The van der Waals surface area contributed by atoms with Crippen molar-refractivity contribution in [1.29, 1.82) is 0 Å². The third kappa shape index (κ3) is 2.58. The van der Waals surface area contributed by atoms with Crippen LogP contribution in [0.4, 0.5) is 0 Å². The van der Waals surface area contributed by atoms with E-state index in [1.807, 2.05) is 6.07 Å². The molecular weight excluding hydrogens is 262 g/mol. The minimum Gasteiger partial charge on any atom is -0.508 e. The molecule has 0 heterocycles. The highest BCUT2D eigenvalue weighted by atomic mass is 16.3. The summed E-state index contributed by atoms with van der Waals surface area (Å²) in [4.78, 5) is 0. The second kappa shape index (κ2) is 4.99. The van der Waals surface area contributed by atoms with Gasteiger partial charge in [0.15, 0.2) is 0 Å². The molecule has 0 radical (unpaired) electrons. The molecule has 0 unspecified atom stereocenters.